The number of nitrogens with one attached hydrogen (secondary N) is 1. The van der Waals surface area contributed by atoms with Gasteiger partial charge >= 0.3 is 0 Å². The molecule has 3 saturated heterocycles. The molecule has 3 fully saturated rings. The number of carbonyl (C=O) groups excluding carboxylic acids is 1. The fourth-order valence-corrected chi connectivity index (χ4v) is 5.58. The standard InChI is InChI=1S/C30H31ClF2N4O5/c31-22-11-20(1-2-23(22)32)36-30-21-9-19(27(12-25(21)34-17-35-30)42-16-18-4-6-39-15-18)10-26(38)24(33)3-5-37-13-28-29(14-37)41-8-7-40-28/h1-3,9,11-12,17-18,28-29H,4-8,10,13-16H2,(H,34,35,36)/b24-3+/t18-,28-,29+/m0/s1. The van der Waals surface area contributed by atoms with E-state index in [1.807, 2.05) is 4.90 Å². The van der Waals surface area contributed by atoms with Crippen molar-refractivity contribution in [2.24, 2.45) is 5.92 Å². The third-order valence-electron chi connectivity index (χ3n) is 7.68. The Labute approximate surface area is 246 Å². The summed E-state index contributed by atoms with van der Waals surface area (Å²) in [6.45, 7) is 4.34. The van der Waals surface area contributed by atoms with Crippen molar-refractivity contribution in [3.63, 3.8) is 0 Å². The van der Waals surface area contributed by atoms with Gasteiger partial charge in [0.1, 0.15) is 23.7 Å². The summed E-state index contributed by atoms with van der Waals surface area (Å²) in [6, 6.07) is 7.70. The lowest BCUT2D eigenvalue weighted by atomic mass is 10.0. The average molecular weight is 601 g/mol. The highest BCUT2D eigenvalue weighted by Gasteiger charge is 2.36. The molecular formula is C30H31ClF2N4O5. The summed E-state index contributed by atoms with van der Waals surface area (Å²) < 4.78 is 51.8. The molecule has 3 aliphatic rings. The molecule has 2 aromatic carbocycles. The second-order valence-electron chi connectivity index (χ2n) is 10.7. The molecule has 0 radical (unpaired) electrons. The van der Waals surface area contributed by atoms with E-state index in [0.717, 1.165) is 6.42 Å². The average Bonchev–Trinajstić information content (AvgIpc) is 3.67. The van der Waals surface area contributed by atoms with Gasteiger partial charge in [0, 0.05) is 61.3 Å². The first kappa shape index (κ1) is 28.9. The molecule has 1 N–H and O–H groups in total. The van der Waals surface area contributed by atoms with Crippen LogP contribution in [0.15, 0.2) is 48.6 Å². The number of nitrogens with zero attached hydrogens (tertiary/aromatic N) is 3. The molecule has 0 unspecified atom stereocenters. The van der Waals surface area contributed by atoms with E-state index in [1.165, 1.54) is 30.6 Å². The Bertz CT molecular complexity index is 1470. The lowest BCUT2D eigenvalue weighted by molar-refractivity contribution is -0.116. The fraction of sp³-hybridized carbons (Fsp3) is 0.433. The Hall–Kier alpha value is -3.22. The number of ether oxygens (including phenoxy) is 4. The Morgan fingerprint density at radius 2 is 1.95 bits per heavy atom. The second kappa shape index (κ2) is 13.0. The van der Waals surface area contributed by atoms with Gasteiger partial charge in [-0.1, -0.05) is 11.6 Å². The van der Waals surface area contributed by atoms with Crippen molar-refractivity contribution in [3.8, 4) is 5.75 Å². The summed E-state index contributed by atoms with van der Waals surface area (Å²) >= 11 is 5.95. The predicted octanol–water partition coefficient (Wildman–Crippen LogP) is 4.65. The molecule has 3 aliphatic heterocycles. The number of halogens is 3. The molecule has 0 saturated carbocycles. The number of hydrogen-bond acceptors (Lipinski definition) is 9. The molecule has 42 heavy (non-hydrogen) atoms. The van der Waals surface area contributed by atoms with Gasteiger partial charge in [0.15, 0.2) is 11.6 Å². The van der Waals surface area contributed by atoms with Crippen molar-refractivity contribution in [3.05, 3.63) is 65.0 Å². The van der Waals surface area contributed by atoms with Gasteiger partial charge in [-0.2, -0.15) is 0 Å². The van der Waals surface area contributed by atoms with E-state index >= 15 is 4.39 Å². The van der Waals surface area contributed by atoms with Crippen LogP contribution in [0.3, 0.4) is 0 Å². The highest BCUT2D eigenvalue weighted by molar-refractivity contribution is 6.31. The van der Waals surface area contributed by atoms with Gasteiger partial charge in [-0.05, 0) is 36.8 Å². The van der Waals surface area contributed by atoms with E-state index < -0.39 is 17.4 Å². The van der Waals surface area contributed by atoms with Crippen molar-refractivity contribution < 1.29 is 32.5 Å². The first-order valence-electron chi connectivity index (χ1n) is 14.0. The summed E-state index contributed by atoms with van der Waals surface area (Å²) in [5.41, 5.74) is 1.58. The van der Waals surface area contributed by atoms with Crippen LogP contribution in [-0.2, 0) is 25.4 Å². The molecule has 0 amide bonds. The van der Waals surface area contributed by atoms with E-state index in [2.05, 4.69) is 15.3 Å². The van der Waals surface area contributed by atoms with E-state index in [4.69, 9.17) is 30.5 Å². The molecule has 12 heteroatoms. The smallest absolute Gasteiger partial charge is 0.195 e. The molecule has 6 rings (SSSR count). The van der Waals surface area contributed by atoms with Crippen molar-refractivity contribution in [2.45, 2.75) is 25.0 Å². The zero-order valence-corrected chi connectivity index (χ0v) is 23.6. The van der Waals surface area contributed by atoms with E-state index in [9.17, 15) is 9.18 Å². The Kier molecular flexibility index (Phi) is 8.92. The van der Waals surface area contributed by atoms with Crippen LogP contribution < -0.4 is 10.1 Å². The predicted molar refractivity (Wildman–Crippen MR) is 152 cm³/mol. The minimum atomic E-state index is -0.814. The van der Waals surface area contributed by atoms with Gasteiger partial charge in [-0.15, -0.1) is 0 Å². The van der Waals surface area contributed by atoms with Gasteiger partial charge in [-0.25, -0.2) is 18.7 Å². The number of allylic oxidation sites excluding steroid dienone is 1. The van der Waals surface area contributed by atoms with Crippen LogP contribution in [0.5, 0.6) is 5.75 Å². The van der Waals surface area contributed by atoms with Crippen LogP contribution in [-0.4, -0.2) is 85.5 Å². The first-order valence-corrected chi connectivity index (χ1v) is 14.4. The maximum Gasteiger partial charge on any atom is 0.195 e. The van der Waals surface area contributed by atoms with Crippen LogP contribution >= 0.6 is 11.6 Å². The normalized spacial score (nSPS) is 22.8. The lowest BCUT2D eigenvalue weighted by Crippen LogP contribution is -2.36. The highest BCUT2D eigenvalue weighted by Crippen LogP contribution is 2.32. The van der Waals surface area contributed by atoms with Gasteiger partial charge in [0.05, 0.1) is 49.2 Å². The summed E-state index contributed by atoms with van der Waals surface area (Å²) in [5.74, 6) is -0.922. The van der Waals surface area contributed by atoms with Crippen LogP contribution in [0, 0.1) is 11.7 Å². The summed E-state index contributed by atoms with van der Waals surface area (Å²) in [6.07, 6.45) is 3.31. The van der Waals surface area contributed by atoms with Crippen molar-refractivity contribution in [1.29, 1.82) is 0 Å². The maximum absolute atomic E-state index is 15.1. The fourth-order valence-electron chi connectivity index (χ4n) is 5.40. The summed E-state index contributed by atoms with van der Waals surface area (Å²) in [7, 11) is 0. The van der Waals surface area contributed by atoms with Gasteiger partial charge in [0.2, 0.25) is 0 Å². The van der Waals surface area contributed by atoms with E-state index in [0.29, 0.717) is 79.8 Å². The molecule has 1 aromatic heterocycles. The van der Waals surface area contributed by atoms with Crippen molar-refractivity contribution in [1.82, 2.24) is 14.9 Å². The summed E-state index contributed by atoms with van der Waals surface area (Å²) in [5, 5.41) is 3.68. The highest BCUT2D eigenvalue weighted by atomic mass is 35.5. The van der Waals surface area contributed by atoms with Gasteiger partial charge in [-0.3, -0.25) is 9.69 Å². The number of anilines is 2. The molecule has 0 spiro atoms. The monoisotopic (exact) mass is 600 g/mol. The molecule has 4 heterocycles. The van der Waals surface area contributed by atoms with Crippen LogP contribution in [0.1, 0.15) is 12.0 Å². The number of benzene rings is 2. The number of ketones is 1. The minimum absolute atomic E-state index is 0.0237. The first-order chi connectivity index (χ1) is 20.4. The molecule has 0 bridgehead atoms. The molecule has 222 valence electrons. The minimum Gasteiger partial charge on any atom is -0.493 e. The van der Waals surface area contributed by atoms with E-state index in [1.54, 1.807) is 12.1 Å². The largest absolute Gasteiger partial charge is 0.493 e. The zero-order chi connectivity index (χ0) is 29.1. The summed E-state index contributed by atoms with van der Waals surface area (Å²) in [4.78, 5) is 23.8. The van der Waals surface area contributed by atoms with Crippen molar-refractivity contribution in [2.75, 3.05) is 58.0 Å². The number of aromatic nitrogens is 2. The quantitative estimate of drug-likeness (QED) is 0.334. The van der Waals surface area contributed by atoms with Gasteiger partial charge < -0.3 is 24.3 Å². The Morgan fingerprint density at radius 1 is 1.14 bits per heavy atom. The maximum atomic E-state index is 15.1. The third-order valence-corrected chi connectivity index (χ3v) is 7.97. The molecule has 3 aromatic rings. The molecule has 9 nitrogen and oxygen atoms in total. The molecule has 0 aliphatic carbocycles. The topological polar surface area (TPSA) is 95.0 Å². The van der Waals surface area contributed by atoms with Gasteiger partial charge in [0.25, 0.3) is 0 Å². The number of rotatable bonds is 10. The SMILES string of the molecule is O=C(Cc1cc2c(Nc3ccc(F)c(Cl)c3)ncnc2cc1OC[C@H]1CCOC1)/C(F)=C\CN1C[C@@H]2OCCO[C@@H]2C1. The second-order valence-corrected chi connectivity index (χ2v) is 11.1. The third kappa shape index (κ3) is 6.71. The number of likely N-dealkylation sites (tertiary alicyclic amines) is 1. The number of Topliss-reactive ketones (excluding diaryl/α,β-unsaturated/α-hetero) is 1. The molecular weight excluding hydrogens is 570 g/mol. The Balaban J connectivity index is 1.23. The van der Waals surface area contributed by atoms with Crippen LogP contribution in [0.25, 0.3) is 10.9 Å². The number of fused-ring (bicyclic) bond motifs is 2. The van der Waals surface area contributed by atoms with Crippen LogP contribution in [0.4, 0.5) is 20.3 Å². The Morgan fingerprint density at radius 3 is 2.69 bits per heavy atom. The lowest BCUT2D eigenvalue weighted by Gasteiger charge is -2.24. The van der Waals surface area contributed by atoms with E-state index in [-0.39, 0.29) is 36.1 Å². The molecule has 3 atom stereocenters. The zero-order valence-electron chi connectivity index (χ0n) is 22.9. The van der Waals surface area contributed by atoms with Crippen molar-refractivity contribution >= 4 is 39.8 Å². The number of hydrogen-bond donors (Lipinski definition) is 1. The number of carbonyl (C=O) groups is 1. The van der Waals surface area contributed by atoms with Crippen LogP contribution in [0.2, 0.25) is 5.02 Å².